The zero-order valence-electron chi connectivity index (χ0n) is 19.8. The molecule has 1 aliphatic rings. The second-order valence-electron chi connectivity index (χ2n) is 8.77. The molecule has 2 atom stereocenters. The van der Waals surface area contributed by atoms with Crippen molar-refractivity contribution < 1.29 is 35.5 Å². The summed E-state index contributed by atoms with van der Waals surface area (Å²) in [4.78, 5) is 16.0. The predicted molar refractivity (Wildman–Crippen MR) is 123 cm³/mol. The summed E-state index contributed by atoms with van der Waals surface area (Å²) in [5.74, 6) is -0.424. The minimum atomic E-state index is -4.97. The summed E-state index contributed by atoms with van der Waals surface area (Å²) in [6, 6.07) is 4.63. The Balaban J connectivity index is 0.00000456. The predicted octanol–water partition coefficient (Wildman–Crippen LogP) is 6.57. The maximum atomic E-state index is 13.7. The molecule has 1 aliphatic heterocycles. The minimum absolute atomic E-state index is 0. The van der Waals surface area contributed by atoms with Gasteiger partial charge in [0.05, 0.1) is 17.2 Å². The van der Waals surface area contributed by atoms with Gasteiger partial charge >= 0.3 is 18.4 Å². The molecule has 1 N–H and O–H groups in total. The molecule has 0 aliphatic carbocycles. The maximum absolute atomic E-state index is 13.7. The van der Waals surface area contributed by atoms with Gasteiger partial charge in [-0.1, -0.05) is 6.07 Å². The molecule has 2 aromatic rings. The van der Waals surface area contributed by atoms with Crippen LogP contribution in [0, 0.1) is 12.7 Å². The summed E-state index contributed by atoms with van der Waals surface area (Å²) in [6.07, 6.45) is -8.82. The number of likely N-dealkylation sites (tertiary alicyclic amines) is 1. The molecule has 1 saturated heterocycles. The van der Waals surface area contributed by atoms with Crippen molar-refractivity contribution in [2.75, 3.05) is 20.6 Å². The van der Waals surface area contributed by atoms with Gasteiger partial charge in [0.25, 0.3) is 0 Å². The van der Waals surface area contributed by atoms with E-state index >= 15 is 0 Å². The fourth-order valence-corrected chi connectivity index (χ4v) is 4.44. The van der Waals surface area contributed by atoms with Crippen LogP contribution >= 0.6 is 12.4 Å². The molecule has 0 aromatic heterocycles. The molecule has 1 fully saturated rings. The molecular weight excluding hydrogens is 515 g/mol. The van der Waals surface area contributed by atoms with Gasteiger partial charge in [-0.15, -0.1) is 12.4 Å². The molecule has 2 amide bonds. The Morgan fingerprint density at radius 2 is 1.64 bits per heavy atom. The SMILES string of the molecule is CN[C@H]1CCN(C(=O)N(C)Cc2cc(C(F)(F)F)cc(C(F)(F)F)c2)[C@@H](c2ccc(F)cc2C)C1.Cl. The fourth-order valence-electron chi connectivity index (χ4n) is 4.44. The van der Waals surface area contributed by atoms with Crippen molar-refractivity contribution in [3.63, 3.8) is 0 Å². The number of piperidine rings is 1. The van der Waals surface area contributed by atoms with Crippen LogP contribution in [0.25, 0.3) is 0 Å². The Kier molecular flexibility index (Phi) is 9.28. The van der Waals surface area contributed by atoms with Crippen LogP contribution in [0.3, 0.4) is 0 Å². The van der Waals surface area contributed by atoms with Gasteiger partial charge in [-0.2, -0.15) is 26.3 Å². The van der Waals surface area contributed by atoms with Crippen molar-refractivity contribution >= 4 is 18.4 Å². The summed E-state index contributed by atoms with van der Waals surface area (Å²) in [5, 5.41) is 3.16. The number of hydrogen-bond acceptors (Lipinski definition) is 2. The van der Waals surface area contributed by atoms with E-state index in [0.717, 1.165) is 10.5 Å². The van der Waals surface area contributed by atoms with Gasteiger partial charge in [-0.05, 0) is 73.8 Å². The molecule has 2 aromatic carbocycles. The standard InChI is InChI=1S/C24H26F7N3O.ClH/c1-14-8-18(25)4-5-20(14)21-12-19(32-2)6-7-34(21)22(35)33(3)13-15-9-16(23(26,27)28)11-17(10-15)24(29,30)31;/h4-5,8-11,19,21,32H,6-7,12-13H2,1-3H3;1H/t19-,21+;/m0./s1. The fraction of sp³-hybridized carbons (Fsp3) is 0.458. The number of alkyl halides is 6. The largest absolute Gasteiger partial charge is 0.416 e. The van der Waals surface area contributed by atoms with E-state index in [2.05, 4.69) is 5.32 Å². The smallest absolute Gasteiger partial charge is 0.323 e. The van der Waals surface area contributed by atoms with Crippen LogP contribution in [0.2, 0.25) is 0 Å². The molecular formula is C24H27ClF7N3O. The van der Waals surface area contributed by atoms with Crippen LogP contribution in [0.4, 0.5) is 35.5 Å². The Bertz CT molecular complexity index is 1040. The van der Waals surface area contributed by atoms with Crippen molar-refractivity contribution in [2.45, 2.75) is 50.7 Å². The van der Waals surface area contributed by atoms with Crippen molar-refractivity contribution in [1.82, 2.24) is 15.1 Å². The molecule has 0 unspecified atom stereocenters. The highest BCUT2D eigenvalue weighted by Gasteiger charge is 2.38. The summed E-state index contributed by atoms with van der Waals surface area (Å²) in [7, 11) is 3.11. The summed E-state index contributed by atoms with van der Waals surface area (Å²) >= 11 is 0. The van der Waals surface area contributed by atoms with Crippen molar-refractivity contribution in [3.8, 4) is 0 Å². The quantitative estimate of drug-likeness (QED) is 0.444. The van der Waals surface area contributed by atoms with Crippen LogP contribution in [-0.4, -0.2) is 42.5 Å². The number of aryl methyl sites for hydroxylation is 1. The molecule has 0 bridgehead atoms. The first kappa shape index (κ1) is 29.7. The number of benzene rings is 2. The number of carbonyl (C=O) groups is 1. The zero-order valence-corrected chi connectivity index (χ0v) is 20.6. The van der Waals surface area contributed by atoms with E-state index in [1.807, 2.05) is 0 Å². The Morgan fingerprint density at radius 3 is 2.14 bits per heavy atom. The number of halogens is 8. The molecule has 36 heavy (non-hydrogen) atoms. The number of hydrogen-bond donors (Lipinski definition) is 1. The third-order valence-corrected chi connectivity index (χ3v) is 6.24. The van der Waals surface area contributed by atoms with E-state index in [1.54, 1.807) is 20.0 Å². The first-order valence-electron chi connectivity index (χ1n) is 10.9. The third kappa shape index (κ3) is 6.82. The van der Waals surface area contributed by atoms with Crippen LogP contribution < -0.4 is 5.32 Å². The molecule has 200 valence electrons. The third-order valence-electron chi connectivity index (χ3n) is 6.24. The highest BCUT2D eigenvalue weighted by molar-refractivity contribution is 5.85. The van der Waals surface area contributed by atoms with Crippen LogP contribution in [0.1, 0.15) is 46.7 Å². The summed E-state index contributed by atoms with van der Waals surface area (Å²) in [6.45, 7) is 1.58. The molecule has 12 heteroatoms. The molecule has 0 saturated carbocycles. The normalized spacial score (nSPS) is 18.6. The molecule has 0 spiro atoms. The summed E-state index contributed by atoms with van der Waals surface area (Å²) < 4.78 is 92.9. The van der Waals surface area contributed by atoms with E-state index in [1.165, 1.54) is 24.1 Å². The first-order chi connectivity index (χ1) is 16.2. The number of urea groups is 1. The van der Waals surface area contributed by atoms with Gasteiger partial charge < -0.3 is 15.1 Å². The molecule has 3 rings (SSSR count). The van der Waals surface area contributed by atoms with Crippen molar-refractivity contribution in [3.05, 3.63) is 70.0 Å². The maximum Gasteiger partial charge on any atom is 0.416 e. The van der Waals surface area contributed by atoms with Gasteiger partial charge in [0, 0.05) is 26.2 Å². The van der Waals surface area contributed by atoms with Crippen LogP contribution in [0.5, 0.6) is 0 Å². The number of nitrogens with one attached hydrogen (secondary N) is 1. The Hall–Kier alpha value is -2.53. The number of rotatable bonds is 4. The Morgan fingerprint density at radius 1 is 1.06 bits per heavy atom. The van der Waals surface area contributed by atoms with E-state index < -0.39 is 47.9 Å². The van der Waals surface area contributed by atoms with E-state index in [9.17, 15) is 35.5 Å². The van der Waals surface area contributed by atoms with E-state index in [0.29, 0.717) is 37.1 Å². The van der Waals surface area contributed by atoms with Gasteiger partial charge in [0.15, 0.2) is 0 Å². The van der Waals surface area contributed by atoms with Crippen LogP contribution in [0.15, 0.2) is 36.4 Å². The van der Waals surface area contributed by atoms with Crippen molar-refractivity contribution in [2.24, 2.45) is 0 Å². The van der Waals surface area contributed by atoms with Gasteiger partial charge in [0.2, 0.25) is 0 Å². The lowest BCUT2D eigenvalue weighted by Crippen LogP contribution is -2.50. The molecule has 0 radical (unpaired) electrons. The van der Waals surface area contributed by atoms with E-state index in [-0.39, 0.29) is 30.1 Å². The topological polar surface area (TPSA) is 35.6 Å². The number of carbonyl (C=O) groups excluding carboxylic acids is 1. The monoisotopic (exact) mass is 541 g/mol. The van der Waals surface area contributed by atoms with Gasteiger partial charge in [-0.25, -0.2) is 9.18 Å². The first-order valence-corrected chi connectivity index (χ1v) is 10.9. The lowest BCUT2D eigenvalue weighted by atomic mass is 9.89. The van der Waals surface area contributed by atoms with Crippen LogP contribution in [-0.2, 0) is 18.9 Å². The lowest BCUT2D eigenvalue weighted by Gasteiger charge is -2.42. The number of amides is 2. The van der Waals surface area contributed by atoms with Crippen molar-refractivity contribution in [1.29, 1.82) is 0 Å². The average Bonchev–Trinajstić information content (AvgIpc) is 2.77. The lowest BCUT2D eigenvalue weighted by molar-refractivity contribution is -0.143. The Labute approximate surface area is 210 Å². The molecule has 1 heterocycles. The zero-order chi connectivity index (χ0) is 26.1. The minimum Gasteiger partial charge on any atom is -0.323 e. The summed E-state index contributed by atoms with van der Waals surface area (Å²) in [5.41, 5.74) is -1.79. The highest BCUT2D eigenvalue weighted by atomic mass is 35.5. The second kappa shape index (κ2) is 11.2. The van der Waals surface area contributed by atoms with E-state index in [4.69, 9.17) is 0 Å². The highest BCUT2D eigenvalue weighted by Crippen LogP contribution is 2.37. The van der Waals surface area contributed by atoms with Gasteiger partial charge in [0.1, 0.15) is 5.82 Å². The molecule has 4 nitrogen and oxygen atoms in total. The average molecular weight is 542 g/mol. The second-order valence-corrected chi connectivity index (χ2v) is 8.77. The number of nitrogens with zero attached hydrogens (tertiary/aromatic N) is 2. The van der Waals surface area contributed by atoms with Gasteiger partial charge in [-0.3, -0.25) is 0 Å².